The summed E-state index contributed by atoms with van der Waals surface area (Å²) in [7, 11) is 0. The van der Waals surface area contributed by atoms with Gasteiger partial charge in [-0.3, -0.25) is 4.79 Å². The lowest BCUT2D eigenvalue weighted by atomic mass is 9.89. The highest BCUT2D eigenvalue weighted by atomic mass is 16.6. The number of hydrogen-bond donors (Lipinski definition) is 0. The van der Waals surface area contributed by atoms with E-state index < -0.39 is 0 Å². The van der Waals surface area contributed by atoms with Crippen LogP contribution in [0.3, 0.4) is 0 Å². The van der Waals surface area contributed by atoms with Gasteiger partial charge in [-0.1, -0.05) is 6.07 Å². The lowest BCUT2D eigenvalue weighted by molar-refractivity contribution is -0.0454. The molecular formula is C17H19N3O4. The SMILES string of the molecule is O=C(c1cocn1)N1CCC[C@]2(C[C@H](Oc3ccccn3)CO2)C1. The van der Waals surface area contributed by atoms with Gasteiger partial charge in [-0.25, -0.2) is 9.97 Å². The summed E-state index contributed by atoms with van der Waals surface area (Å²) in [4.78, 5) is 22.4. The number of hydrogen-bond acceptors (Lipinski definition) is 6. The van der Waals surface area contributed by atoms with E-state index in [1.165, 1.54) is 12.7 Å². The number of carbonyl (C=O) groups excluding carboxylic acids is 1. The minimum Gasteiger partial charge on any atom is -0.472 e. The average Bonchev–Trinajstić information content (AvgIpc) is 3.26. The highest BCUT2D eigenvalue weighted by molar-refractivity contribution is 5.92. The Morgan fingerprint density at radius 1 is 1.38 bits per heavy atom. The van der Waals surface area contributed by atoms with Crippen LogP contribution in [0.1, 0.15) is 29.8 Å². The van der Waals surface area contributed by atoms with Crippen LogP contribution in [0.4, 0.5) is 0 Å². The molecule has 2 aromatic rings. The first-order valence-electron chi connectivity index (χ1n) is 8.13. The number of aromatic nitrogens is 2. The Labute approximate surface area is 139 Å². The maximum atomic E-state index is 12.5. The second-order valence-electron chi connectivity index (χ2n) is 6.31. The zero-order valence-corrected chi connectivity index (χ0v) is 13.3. The molecule has 4 rings (SSSR count). The number of ether oxygens (including phenoxy) is 2. The fraction of sp³-hybridized carbons (Fsp3) is 0.471. The van der Waals surface area contributed by atoms with E-state index in [0.717, 1.165) is 19.3 Å². The Morgan fingerprint density at radius 2 is 2.33 bits per heavy atom. The smallest absolute Gasteiger partial charge is 0.275 e. The number of likely N-dealkylation sites (tertiary alicyclic amines) is 1. The van der Waals surface area contributed by atoms with Crippen LogP contribution in [0.5, 0.6) is 5.88 Å². The van der Waals surface area contributed by atoms with Gasteiger partial charge in [-0.2, -0.15) is 0 Å². The van der Waals surface area contributed by atoms with E-state index in [1.807, 2.05) is 18.2 Å². The summed E-state index contributed by atoms with van der Waals surface area (Å²) in [5, 5.41) is 0. The van der Waals surface area contributed by atoms with Crippen molar-refractivity contribution in [2.75, 3.05) is 19.7 Å². The van der Waals surface area contributed by atoms with E-state index in [9.17, 15) is 4.79 Å². The predicted molar refractivity (Wildman–Crippen MR) is 83.6 cm³/mol. The Bertz CT molecular complexity index is 691. The van der Waals surface area contributed by atoms with Gasteiger partial charge in [-0.05, 0) is 18.9 Å². The number of amides is 1. The highest BCUT2D eigenvalue weighted by Crippen LogP contribution is 2.36. The van der Waals surface area contributed by atoms with E-state index in [-0.39, 0.29) is 17.6 Å². The fourth-order valence-corrected chi connectivity index (χ4v) is 3.50. The third-order valence-electron chi connectivity index (χ3n) is 4.58. The molecule has 2 aromatic heterocycles. The van der Waals surface area contributed by atoms with E-state index in [2.05, 4.69) is 9.97 Å². The van der Waals surface area contributed by atoms with Gasteiger partial charge in [0.15, 0.2) is 12.1 Å². The molecule has 7 heteroatoms. The van der Waals surface area contributed by atoms with Crippen LogP contribution >= 0.6 is 0 Å². The molecule has 1 spiro atoms. The normalized spacial score (nSPS) is 26.7. The Kier molecular flexibility index (Phi) is 3.93. The van der Waals surface area contributed by atoms with Gasteiger partial charge in [0.1, 0.15) is 12.4 Å². The van der Waals surface area contributed by atoms with Crippen LogP contribution in [-0.4, -0.2) is 52.2 Å². The maximum absolute atomic E-state index is 12.5. The van der Waals surface area contributed by atoms with E-state index >= 15 is 0 Å². The number of pyridine rings is 1. The number of piperidine rings is 1. The summed E-state index contributed by atoms with van der Waals surface area (Å²) >= 11 is 0. The molecule has 0 N–H and O–H groups in total. The molecule has 24 heavy (non-hydrogen) atoms. The second-order valence-corrected chi connectivity index (χ2v) is 6.31. The van der Waals surface area contributed by atoms with Crippen LogP contribution in [0, 0.1) is 0 Å². The quantitative estimate of drug-likeness (QED) is 0.856. The molecule has 0 saturated carbocycles. The van der Waals surface area contributed by atoms with Crippen LogP contribution < -0.4 is 4.74 Å². The van der Waals surface area contributed by atoms with Crippen molar-refractivity contribution < 1.29 is 18.7 Å². The minimum atomic E-state index is -0.336. The van der Waals surface area contributed by atoms with Crippen molar-refractivity contribution >= 4 is 5.91 Å². The van der Waals surface area contributed by atoms with Gasteiger partial charge in [0.25, 0.3) is 5.91 Å². The zero-order valence-electron chi connectivity index (χ0n) is 13.3. The molecule has 0 radical (unpaired) electrons. The zero-order chi connectivity index (χ0) is 16.4. The van der Waals surface area contributed by atoms with Gasteiger partial charge in [0, 0.05) is 25.2 Å². The lowest BCUT2D eigenvalue weighted by Crippen LogP contribution is -2.50. The van der Waals surface area contributed by atoms with Crippen molar-refractivity contribution in [1.82, 2.24) is 14.9 Å². The van der Waals surface area contributed by atoms with Gasteiger partial charge in [-0.15, -0.1) is 0 Å². The molecule has 126 valence electrons. The molecule has 2 aliphatic rings. The molecule has 2 saturated heterocycles. The summed E-state index contributed by atoms with van der Waals surface area (Å²) in [6.45, 7) is 1.78. The van der Waals surface area contributed by atoms with Crippen LogP contribution in [0.2, 0.25) is 0 Å². The first-order valence-corrected chi connectivity index (χ1v) is 8.13. The van der Waals surface area contributed by atoms with Crippen molar-refractivity contribution in [3.63, 3.8) is 0 Å². The number of rotatable bonds is 3. The Morgan fingerprint density at radius 3 is 3.12 bits per heavy atom. The number of nitrogens with zero attached hydrogens (tertiary/aromatic N) is 3. The van der Waals surface area contributed by atoms with Crippen LogP contribution in [0.25, 0.3) is 0 Å². The average molecular weight is 329 g/mol. The Balaban J connectivity index is 1.41. The summed E-state index contributed by atoms with van der Waals surface area (Å²) in [5.41, 5.74) is 0.00298. The molecule has 0 aliphatic carbocycles. The molecule has 0 aromatic carbocycles. The topological polar surface area (TPSA) is 77.7 Å². The summed E-state index contributed by atoms with van der Waals surface area (Å²) in [6.07, 6.45) is 6.91. The van der Waals surface area contributed by atoms with E-state index in [4.69, 9.17) is 13.9 Å². The second kappa shape index (κ2) is 6.24. The van der Waals surface area contributed by atoms with Gasteiger partial charge in [0.2, 0.25) is 5.88 Å². The molecule has 2 fully saturated rings. The standard InChI is InChI=1S/C17H19N3O4/c21-16(14-10-22-12-19-14)20-7-3-5-17(11-20)8-13(9-23-17)24-15-4-1-2-6-18-15/h1-2,4,6,10,12-13H,3,5,7-9,11H2/t13-,17-/m0/s1. The molecule has 1 amide bonds. The van der Waals surface area contributed by atoms with Crippen molar-refractivity contribution in [3.05, 3.63) is 42.7 Å². The molecule has 2 atom stereocenters. The van der Waals surface area contributed by atoms with Gasteiger partial charge in [0.05, 0.1) is 18.8 Å². The van der Waals surface area contributed by atoms with E-state index in [1.54, 1.807) is 11.1 Å². The molecule has 0 unspecified atom stereocenters. The molecule has 2 aliphatic heterocycles. The summed E-state index contributed by atoms with van der Waals surface area (Å²) in [5.74, 6) is 0.495. The minimum absolute atomic E-state index is 0.0398. The molecular weight excluding hydrogens is 310 g/mol. The van der Waals surface area contributed by atoms with Gasteiger partial charge >= 0.3 is 0 Å². The predicted octanol–water partition coefficient (Wildman–Crippen LogP) is 1.91. The van der Waals surface area contributed by atoms with Crippen LogP contribution in [0.15, 0.2) is 41.5 Å². The van der Waals surface area contributed by atoms with Crippen molar-refractivity contribution in [3.8, 4) is 5.88 Å². The fourth-order valence-electron chi connectivity index (χ4n) is 3.50. The maximum Gasteiger partial charge on any atom is 0.275 e. The highest BCUT2D eigenvalue weighted by Gasteiger charge is 2.45. The third-order valence-corrected chi connectivity index (χ3v) is 4.58. The Hall–Kier alpha value is -2.41. The third kappa shape index (κ3) is 2.99. The van der Waals surface area contributed by atoms with Crippen molar-refractivity contribution in [2.24, 2.45) is 0 Å². The number of carbonyl (C=O) groups is 1. The van der Waals surface area contributed by atoms with Crippen LogP contribution in [-0.2, 0) is 4.74 Å². The van der Waals surface area contributed by atoms with Crippen molar-refractivity contribution in [1.29, 1.82) is 0 Å². The lowest BCUT2D eigenvalue weighted by Gasteiger charge is -2.39. The van der Waals surface area contributed by atoms with Crippen molar-refractivity contribution in [2.45, 2.75) is 31.0 Å². The summed E-state index contributed by atoms with van der Waals surface area (Å²) < 4.78 is 16.9. The summed E-state index contributed by atoms with van der Waals surface area (Å²) in [6, 6.07) is 5.59. The van der Waals surface area contributed by atoms with Gasteiger partial charge < -0.3 is 18.8 Å². The monoisotopic (exact) mass is 329 g/mol. The largest absolute Gasteiger partial charge is 0.472 e. The first kappa shape index (κ1) is 15.1. The molecule has 4 heterocycles. The first-order chi connectivity index (χ1) is 11.7. The molecule has 7 nitrogen and oxygen atoms in total. The number of oxazole rings is 1. The van der Waals surface area contributed by atoms with E-state index in [0.29, 0.717) is 31.3 Å². The molecule has 0 bridgehead atoms.